The second-order valence-electron chi connectivity index (χ2n) is 6.05. The van der Waals surface area contributed by atoms with Crippen molar-refractivity contribution in [2.45, 2.75) is 39.7 Å². The fourth-order valence-corrected chi connectivity index (χ4v) is 1.79. The van der Waals surface area contributed by atoms with Gasteiger partial charge in [-0.25, -0.2) is 4.98 Å². The highest BCUT2D eigenvalue weighted by atomic mass is 16.5. The summed E-state index contributed by atoms with van der Waals surface area (Å²) >= 11 is 0. The fraction of sp³-hybridized carbons (Fsp3) is 0.588. The summed E-state index contributed by atoms with van der Waals surface area (Å²) in [6.45, 7) is 9.59. The topological polar surface area (TPSA) is 87.6 Å². The first-order valence-electron chi connectivity index (χ1n) is 8.17. The Hall–Kier alpha value is -2.15. The van der Waals surface area contributed by atoms with Gasteiger partial charge < -0.3 is 20.7 Å². The first-order valence-corrected chi connectivity index (χ1v) is 8.17. The van der Waals surface area contributed by atoms with Crippen LogP contribution in [-0.2, 0) is 9.53 Å². The van der Waals surface area contributed by atoms with E-state index in [1.54, 1.807) is 13.2 Å². The van der Waals surface area contributed by atoms with Gasteiger partial charge in [-0.1, -0.05) is 6.07 Å². The second kappa shape index (κ2) is 9.87. The molecule has 0 aliphatic rings. The molecule has 7 heteroatoms. The summed E-state index contributed by atoms with van der Waals surface area (Å²) in [6, 6.07) is 5.53. The number of guanidine groups is 1. The molecule has 1 aromatic rings. The standard InChI is InChI=1S/C17H29N5O2/c1-6-18-16(20-12-17(3,4)24-5)19-11-10-15(23)22-14-9-7-8-13(2)21-14/h7-9H,6,10-12H2,1-5H3,(H2,18,19,20)(H,21,22,23). The number of hydrogen-bond donors (Lipinski definition) is 3. The molecule has 1 rings (SSSR count). The van der Waals surface area contributed by atoms with E-state index in [9.17, 15) is 4.79 Å². The molecule has 0 radical (unpaired) electrons. The van der Waals surface area contributed by atoms with Crippen LogP contribution in [0.2, 0.25) is 0 Å². The maximum absolute atomic E-state index is 12.0. The molecule has 0 spiro atoms. The van der Waals surface area contributed by atoms with Crippen LogP contribution in [0.15, 0.2) is 23.2 Å². The SMILES string of the molecule is CCNC(=NCC(C)(C)OC)NCCC(=O)Nc1cccc(C)n1. The van der Waals surface area contributed by atoms with E-state index in [2.05, 4.69) is 25.9 Å². The molecule has 0 aliphatic carbocycles. The molecule has 0 aromatic carbocycles. The zero-order valence-corrected chi connectivity index (χ0v) is 15.3. The van der Waals surface area contributed by atoms with E-state index in [0.717, 1.165) is 12.2 Å². The Morgan fingerprint density at radius 2 is 2.08 bits per heavy atom. The molecule has 7 nitrogen and oxygen atoms in total. The van der Waals surface area contributed by atoms with E-state index in [1.807, 2.05) is 39.8 Å². The molecule has 24 heavy (non-hydrogen) atoms. The molecular formula is C17H29N5O2. The van der Waals surface area contributed by atoms with Crippen molar-refractivity contribution in [1.82, 2.24) is 15.6 Å². The largest absolute Gasteiger partial charge is 0.377 e. The van der Waals surface area contributed by atoms with Crippen LogP contribution in [0.25, 0.3) is 0 Å². The lowest BCUT2D eigenvalue weighted by Gasteiger charge is -2.21. The number of carbonyl (C=O) groups is 1. The summed E-state index contributed by atoms with van der Waals surface area (Å²) in [7, 11) is 1.67. The van der Waals surface area contributed by atoms with E-state index < -0.39 is 0 Å². The number of hydrogen-bond acceptors (Lipinski definition) is 4. The summed E-state index contributed by atoms with van der Waals surface area (Å²) in [5, 5.41) is 9.08. The van der Waals surface area contributed by atoms with Crippen molar-refractivity contribution < 1.29 is 9.53 Å². The molecule has 0 fully saturated rings. The number of anilines is 1. The number of methoxy groups -OCH3 is 1. The Morgan fingerprint density at radius 3 is 2.71 bits per heavy atom. The van der Waals surface area contributed by atoms with Gasteiger partial charge in [0.2, 0.25) is 5.91 Å². The number of nitrogens with one attached hydrogen (secondary N) is 3. The highest BCUT2D eigenvalue weighted by Gasteiger charge is 2.15. The third-order valence-electron chi connectivity index (χ3n) is 3.32. The fourth-order valence-electron chi connectivity index (χ4n) is 1.79. The molecule has 0 bridgehead atoms. The van der Waals surface area contributed by atoms with Gasteiger partial charge in [-0.2, -0.15) is 0 Å². The van der Waals surface area contributed by atoms with Crippen molar-refractivity contribution >= 4 is 17.7 Å². The lowest BCUT2D eigenvalue weighted by atomic mass is 10.1. The average Bonchev–Trinajstić information content (AvgIpc) is 2.52. The first-order chi connectivity index (χ1) is 11.4. The predicted molar refractivity (Wildman–Crippen MR) is 97.3 cm³/mol. The summed E-state index contributed by atoms with van der Waals surface area (Å²) in [4.78, 5) is 20.7. The number of carbonyl (C=O) groups excluding carboxylic acids is 1. The van der Waals surface area contributed by atoms with Crippen molar-refractivity contribution in [2.24, 2.45) is 4.99 Å². The van der Waals surface area contributed by atoms with Crippen LogP contribution in [0.1, 0.15) is 32.9 Å². The number of pyridine rings is 1. The van der Waals surface area contributed by atoms with Crippen LogP contribution in [0.4, 0.5) is 5.82 Å². The molecule has 134 valence electrons. The Bertz CT molecular complexity index is 558. The average molecular weight is 335 g/mol. The zero-order valence-electron chi connectivity index (χ0n) is 15.3. The molecule has 3 N–H and O–H groups in total. The zero-order chi connectivity index (χ0) is 18.0. The minimum atomic E-state index is -0.323. The van der Waals surface area contributed by atoms with Crippen molar-refractivity contribution in [3.8, 4) is 0 Å². The summed E-state index contributed by atoms with van der Waals surface area (Å²) in [6.07, 6.45) is 0.327. The molecule has 0 aliphatic heterocycles. The first kappa shape index (κ1) is 19.9. The van der Waals surface area contributed by atoms with Gasteiger partial charge in [-0.05, 0) is 39.8 Å². The van der Waals surface area contributed by atoms with Gasteiger partial charge in [-0.3, -0.25) is 9.79 Å². The molecule has 0 unspecified atom stereocenters. The summed E-state index contributed by atoms with van der Waals surface area (Å²) in [5.41, 5.74) is 0.546. The van der Waals surface area contributed by atoms with Gasteiger partial charge in [0.25, 0.3) is 0 Å². The Kier molecular flexibility index (Phi) is 8.18. The van der Waals surface area contributed by atoms with E-state index in [0.29, 0.717) is 31.3 Å². The number of amides is 1. The molecule has 1 amide bonds. The van der Waals surface area contributed by atoms with Crippen LogP contribution in [-0.4, -0.2) is 49.2 Å². The monoisotopic (exact) mass is 335 g/mol. The number of rotatable bonds is 8. The highest BCUT2D eigenvalue weighted by molar-refractivity contribution is 5.90. The molecular weight excluding hydrogens is 306 g/mol. The Labute approximate surface area is 144 Å². The van der Waals surface area contributed by atoms with Gasteiger partial charge in [0, 0.05) is 32.3 Å². The van der Waals surface area contributed by atoms with Crippen LogP contribution >= 0.6 is 0 Å². The van der Waals surface area contributed by atoms with Crippen LogP contribution in [0, 0.1) is 6.92 Å². The quantitative estimate of drug-likeness (QED) is 0.497. The van der Waals surface area contributed by atoms with Crippen LogP contribution in [0.3, 0.4) is 0 Å². The van der Waals surface area contributed by atoms with Gasteiger partial charge in [0.05, 0.1) is 12.1 Å². The number of nitrogens with zero attached hydrogens (tertiary/aromatic N) is 2. The highest BCUT2D eigenvalue weighted by Crippen LogP contribution is 2.07. The molecule has 1 heterocycles. The Morgan fingerprint density at radius 1 is 1.33 bits per heavy atom. The van der Waals surface area contributed by atoms with E-state index in [-0.39, 0.29) is 11.5 Å². The minimum Gasteiger partial charge on any atom is -0.377 e. The predicted octanol–water partition coefficient (Wildman–Crippen LogP) is 1.70. The molecule has 0 saturated carbocycles. The van der Waals surface area contributed by atoms with Crippen LogP contribution < -0.4 is 16.0 Å². The van der Waals surface area contributed by atoms with Gasteiger partial charge in [0.15, 0.2) is 5.96 Å². The number of ether oxygens (including phenoxy) is 1. The van der Waals surface area contributed by atoms with Crippen LogP contribution in [0.5, 0.6) is 0 Å². The maximum atomic E-state index is 12.0. The van der Waals surface area contributed by atoms with Crippen molar-refractivity contribution in [3.63, 3.8) is 0 Å². The van der Waals surface area contributed by atoms with E-state index >= 15 is 0 Å². The Balaban J connectivity index is 2.44. The second-order valence-corrected chi connectivity index (χ2v) is 6.05. The van der Waals surface area contributed by atoms with Crippen molar-refractivity contribution in [2.75, 3.05) is 32.1 Å². The number of aryl methyl sites for hydroxylation is 1. The number of aliphatic imine (C=N–C) groups is 1. The minimum absolute atomic E-state index is 0.0892. The van der Waals surface area contributed by atoms with Crippen molar-refractivity contribution in [1.29, 1.82) is 0 Å². The maximum Gasteiger partial charge on any atom is 0.227 e. The molecule has 0 saturated heterocycles. The normalized spacial score (nSPS) is 12.0. The van der Waals surface area contributed by atoms with Gasteiger partial charge in [0.1, 0.15) is 5.82 Å². The lowest BCUT2D eigenvalue weighted by Crippen LogP contribution is -2.40. The molecule has 1 aromatic heterocycles. The van der Waals surface area contributed by atoms with Crippen molar-refractivity contribution in [3.05, 3.63) is 23.9 Å². The number of aromatic nitrogens is 1. The lowest BCUT2D eigenvalue weighted by molar-refractivity contribution is -0.116. The third kappa shape index (κ3) is 7.92. The van der Waals surface area contributed by atoms with Gasteiger partial charge in [-0.15, -0.1) is 0 Å². The van der Waals surface area contributed by atoms with Gasteiger partial charge >= 0.3 is 0 Å². The summed E-state index contributed by atoms with van der Waals surface area (Å²) < 4.78 is 5.35. The smallest absolute Gasteiger partial charge is 0.227 e. The molecule has 0 atom stereocenters. The van der Waals surface area contributed by atoms with E-state index in [4.69, 9.17) is 4.74 Å². The summed E-state index contributed by atoms with van der Waals surface area (Å²) in [5.74, 6) is 1.15. The third-order valence-corrected chi connectivity index (χ3v) is 3.32. The van der Waals surface area contributed by atoms with E-state index in [1.165, 1.54) is 0 Å².